The zero-order chi connectivity index (χ0) is 10.0. The van der Waals surface area contributed by atoms with Gasteiger partial charge < -0.3 is 5.32 Å². The minimum atomic E-state index is 0.255. The van der Waals surface area contributed by atoms with Crippen molar-refractivity contribution < 1.29 is 0 Å². The van der Waals surface area contributed by atoms with E-state index in [0.717, 1.165) is 18.2 Å². The van der Waals surface area contributed by atoms with Crippen LogP contribution in [0.5, 0.6) is 0 Å². The maximum atomic E-state index is 4.19. The molecule has 1 aromatic rings. The molecule has 1 aromatic heterocycles. The smallest absolute Gasteiger partial charge is 0.115 e. The maximum Gasteiger partial charge on any atom is 0.115 e. The van der Waals surface area contributed by atoms with Crippen molar-refractivity contribution in [1.82, 2.24) is 15.3 Å². The molecule has 1 fully saturated rings. The highest BCUT2D eigenvalue weighted by Gasteiger charge is 2.37. The van der Waals surface area contributed by atoms with Crippen LogP contribution in [0, 0.1) is 5.92 Å². The van der Waals surface area contributed by atoms with Gasteiger partial charge >= 0.3 is 0 Å². The van der Waals surface area contributed by atoms with Gasteiger partial charge in [-0.2, -0.15) is 0 Å². The summed E-state index contributed by atoms with van der Waals surface area (Å²) < 4.78 is 0. The molecular weight excluding hydrogens is 174 g/mol. The topological polar surface area (TPSA) is 37.8 Å². The molecule has 0 atom stereocenters. The van der Waals surface area contributed by atoms with Crippen LogP contribution < -0.4 is 5.32 Å². The van der Waals surface area contributed by atoms with Gasteiger partial charge in [-0.25, -0.2) is 9.97 Å². The van der Waals surface area contributed by atoms with Crippen molar-refractivity contribution >= 4 is 0 Å². The Balaban J connectivity index is 1.87. The normalized spacial score (nSPS) is 17.0. The number of hydrogen-bond acceptors (Lipinski definition) is 3. The van der Waals surface area contributed by atoms with E-state index < -0.39 is 0 Å². The Morgan fingerprint density at radius 1 is 1.50 bits per heavy atom. The Hall–Kier alpha value is -0.960. The van der Waals surface area contributed by atoms with E-state index in [1.807, 2.05) is 6.07 Å². The van der Waals surface area contributed by atoms with Crippen LogP contribution in [0.15, 0.2) is 18.6 Å². The van der Waals surface area contributed by atoms with Gasteiger partial charge in [-0.1, -0.05) is 0 Å². The summed E-state index contributed by atoms with van der Waals surface area (Å²) in [5.41, 5.74) is 1.32. The predicted octanol–water partition coefficient (Wildman–Crippen LogP) is 1.75. The van der Waals surface area contributed by atoms with Gasteiger partial charge in [-0.15, -0.1) is 0 Å². The fraction of sp³-hybridized carbons (Fsp3) is 0.636. The summed E-state index contributed by atoms with van der Waals surface area (Å²) >= 11 is 0. The summed E-state index contributed by atoms with van der Waals surface area (Å²) in [7, 11) is 0. The lowest BCUT2D eigenvalue weighted by Crippen LogP contribution is -2.40. The number of nitrogens with zero attached hydrogens (tertiary/aromatic N) is 2. The Morgan fingerprint density at radius 2 is 2.29 bits per heavy atom. The summed E-state index contributed by atoms with van der Waals surface area (Å²) in [6.07, 6.45) is 6.11. The monoisotopic (exact) mass is 191 g/mol. The predicted molar refractivity (Wildman–Crippen MR) is 55.7 cm³/mol. The van der Waals surface area contributed by atoms with E-state index in [0.29, 0.717) is 0 Å². The molecule has 1 aliphatic rings. The van der Waals surface area contributed by atoms with Gasteiger partial charge in [-0.05, 0) is 38.7 Å². The first-order valence-corrected chi connectivity index (χ1v) is 5.18. The molecule has 1 aliphatic carbocycles. The van der Waals surface area contributed by atoms with Crippen LogP contribution >= 0.6 is 0 Å². The van der Waals surface area contributed by atoms with Crippen LogP contribution in [0.4, 0.5) is 0 Å². The molecule has 2 rings (SSSR count). The molecule has 1 N–H and O–H groups in total. The first kappa shape index (κ1) is 9.59. The summed E-state index contributed by atoms with van der Waals surface area (Å²) in [6, 6.07) is 1.95. The second-order valence-corrected chi connectivity index (χ2v) is 4.55. The summed E-state index contributed by atoms with van der Waals surface area (Å²) in [5.74, 6) is 0.851. The van der Waals surface area contributed by atoms with Gasteiger partial charge in [0.2, 0.25) is 0 Å². The van der Waals surface area contributed by atoms with Crippen LogP contribution in [0.25, 0.3) is 0 Å². The average molecular weight is 191 g/mol. The molecule has 0 aliphatic heterocycles. The lowest BCUT2D eigenvalue weighted by molar-refractivity contribution is 0.337. The van der Waals surface area contributed by atoms with Crippen molar-refractivity contribution in [1.29, 1.82) is 0 Å². The molecule has 0 aromatic carbocycles. The second kappa shape index (κ2) is 3.65. The molecular formula is C11H17N3. The number of aromatic nitrogens is 2. The summed E-state index contributed by atoms with van der Waals surface area (Å²) in [5, 5.41) is 3.55. The minimum absolute atomic E-state index is 0.255. The summed E-state index contributed by atoms with van der Waals surface area (Å²) in [6.45, 7) is 5.38. The molecule has 0 saturated heterocycles. The van der Waals surface area contributed by atoms with Gasteiger partial charge in [0, 0.05) is 18.3 Å². The van der Waals surface area contributed by atoms with Crippen molar-refractivity contribution in [3.8, 4) is 0 Å². The molecule has 0 bridgehead atoms. The summed E-state index contributed by atoms with van der Waals surface area (Å²) in [4.78, 5) is 8.09. The molecule has 3 nitrogen and oxygen atoms in total. The third kappa shape index (κ3) is 2.29. The molecule has 0 radical (unpaired) electrons. The SMILES string of the molecule is CC(C)(NCc1ccncn1)C1CC1. The zero-order valence-corrected chi connectivity index (χ0v) is 8.83. The largest absolute Gasteiger partial charge is 0.306 e. The molecule has 1 saturated carbocycles. The first-order chi connectivity index (χ1) is 6.68. The van der Waals surface area contributed by atoms with Gasteiger partial charge in [0.1, 0.15) is 6.33 Å². The standard InChI is InChI=1S/C11H17N3/c1-11(2,9-3-4-9)14-7-10-5-6-12-8-13-10/h5-6,8-9,14H,3-4,7H2,1-2H3. The van der Waals surface area contributed by atoms with E-state index in [4.69, 9.17) is 0 Å². The fourth-order valence-corrected chi connectivity index (χ4v) is 1.69. The van der Waals surface area contributed by atoms with E-state index in [1.54, 1.807) is 12.5 Å². The van der Waals surface area contributed by atoms with Crippen LogP contribution in [-0.2, 0) is 6.54 Å². The van der Waals surface area contributed by atoms with Gasteiger partial charge in [0.05, 0.1) is 5.69 Å². The molecule has 0 spiro atoms. The van der Waals surface area contributed by atoms with Gasteiger partial charge in [0.25, 0.3) is 0 Å². The van der Waals surface area contributed by atoms with Gasteiger partial charge in [-0.3, -0.25) is 0 Å². The molecule has 3 heteroatoms. The highest BCUT2D eigenvalue weighted by atomic mass is 15.0. The van der Waals surface area contributed by atoms with Gasteiger partial charge in [0.15, 0.2) is 0 Å². The average Bonchev–Trinajstić information content (AvgIpc) is 3.00. The Labute approximate surface area is 85.0 Å². The van der Waals surface area contributed by atoms with Crippen LogP contribution in [0.3, 0.4) is 0 Å². The van der Waals surface area contributed by atoms with Crippen LogP contribution in [0.1, 0.15) is 32.4 Å². The molecule has 76 valence electrons. The van der Waals surface area contributed by atoms with Crippen molar-refractivity contribution in [3.63, 3.8) is 0 Å². The number of hydrogen-bond donors (Lipinski definition) is 1. The third-order valence-corrected chi connectivity index (χ3v) is 2.97. The van der Waals surface area contributed by atoms with E-state index >= 15 is 0 Å². The highest BCUT2D eigenvalue weighted by Crippen LogP contribution is 2.39. The fourth-order valence-electron chi connectivity index (χ4n) is 1.69. The molecule has 0 amide bonds. The molecule has 14 heavy (non-hydrogen) atoms. The number of rotatable bonds is 4. The van der Waals surface area contributed by atoms with Crippen molar-refractivity contribution in [2.45, 2.75) is 38.8 Å². The third-order valence-electron chi connectivity index (χ3n) is 2.97. The maximum absolute atomic E-state index is 4.19. The van der Waals surface area contributed by atoms with E-state index in [2.05, 4.69) is 29.1 Å². The molecule has 0 unspecified atom stereocenters. The van der Waals surface area contributed by atoms with E-state index in [9.17, 15) is 0 Å². The zero-order valence-electron chi connectivity index (χ0n) is 8.83. The highest BCUT2D eigenvalue weighted by molar-refractivity contribution is 5.01. The van der Waals surface area contributed by atoms with Crippen molar-refractivity contribution in [3.05, 3.63) is 24.3 Å². The first-order valence-electron chi connectivity index (χ1n) is 5.18. The minimum Gasteiger partial charge on any atom is -0.306 e. The van der Waals surface area contributed by atoms with E-state index in [1.165, 1.54) is 12.8 Å². The number of nitrogens with one attached hydrogen (secondary N) is 1. The van der Waals surface area contributed by atoms with Crippen molar-refractivity contribution in [2.75, 3.05) is 0 Å². The Bertz CT molecular complexity index is 291. The Morgan fingerprint density at radius 3 is 2.86 bits per heavy atom. The Kier molecular flexibility index (Phi) is 2.50. The van der Waals surface area contributed by atoms with E-state index in [-0.39, 0.29) is 5.54 Å². The molecule has 1 heterocycles. The van der Waals surface area contributed by atoms with Crippen molar-refractivity contribution in [2.24, 2.45) is 5.92 Å². The second-order valence-electron chi connectivity index (χ2n) is 4.55. The quantitative estimate of drug-likeness (QED) is 0.788. The lowest BCUT2D eigenvalue weighted by atomic mass is 9.99. The van der Waals surface area contributed by atoms with Crippen LogP contribution in [0.2, 0.25) is 0 Å². The van der Waals surface area contributed by atoms with Crippen LogP contribution in [-0.4, -0.2) is 15.5 Å². The lowest BCUT2D eigenvalue weighted by Gasteiger charge is -2.25.